The Balaban J connectivity index is 1.79. The van der Waals surface area contributed by atoms with E-state index in [4.69, 9.17) is 4.74 Å². The minimum atomic E-state index is -0.779. The summed E-state index contributed by atoms with van der Waals surface area (Å²) in [4.78, 5) is 36.5. The van der Waals surface area contributed by atoms with Crippen molar-refractivity contribution in [2.75, 3.05) is 20.2 Å². The normalized spacial score (nSPS) is 15.4. The monoisotopic (exact) mass is 404 g/mol. The summed E-state index contributed by atoms with van der Waals surface area (Å²) in [6.45, 7) is 6.55. The number of esters is 1. The van der Waals surface area contributed by atoms with Crippen molar-refractivity contribution in [3.63, 3.8) is 0 Å². The standard InChI is InChI=1S/C19H24N4O6/c1-19(2,3)29-18(25)21-7-5-13(6-8-21)22-11-12-9-16(23(26)27)14(17(24)28-4)10-15(12)20-22/h9-11,13H,5-8H2,1-4H3. The first-order chi connectivity index (χ1) is 13.6. The fourth-order valence-electron chi connectivity index (χ4n) is 3.33. The van der Waals surface area contributed by atoms with Crippen LogP contribution in [0.5, 0.6) is 0 Å². The number of benzene rings is 1. The molecule has 29 heavy (non-hydrogen) atoms. The number of nitro groups is 1. The van der Waals surface area contributed by atoms with E-state index < -0.39 is 16.5 Å². The summed E-state index contributed by atoms with van der Waals surface area (Å²) in [6, 6.07) is 2.76. The van der Waals surface area contributed by atoms with E-state index in [2.05, 4.69) is 9.84 Å². The molecule has 1 aromatic heterocycles. The lowest BCUT2D eigenvalue weighted by Gasteiger charge is -2.33. The number of carbonyl (C=O) groups excluding carboxylic acids is 2. The van der Waals surface area contributed by atoms with E-state index in [1.165, 1.54) is 19.2 Å². The van der Waals surface area contributed by atoms with Gasteiger partial charge in [-0.05, 0) is 39.7 Å². The quantitative estimate of drug-likeness (QED) is 0.438. The Morgan fingerprint density at radius 2 is 1.90 bits per heavy atom. The van der Waals surface area contributed by atoms with Crippen molar-refractivity contribution < 1.29 is 24.0 Å². The number of piperidine rings is 1. The molecule has 1 saturated heterocycles. The van der Waals surface area contributed by atoms with Crippen LogP contribution in [0, 0.1) is 10.1 Å². The van der Waals surface area contributed by atoms with Crippen LogP contribution in [0.2, 0.25) is 0 Å². The SMILES string of the molecule is COC(=O)c1cc2nn(C3CCN(C(=O)OC(C)(C)C)CC3)cc2cc1[N+](=O)[O-]. The highest BCUT2D eigenvalue weighted by Crippen LogP contribution is 2.29. The molecule has 2 aromatic rings. The van der Waals surface area contributed by atoms with E-state index in [1.54, 1.807) is 15.8 Å². The largest absolute Gasteiger partial charge is 0.465 e. The van der Waals surface area contributed by atoms with Crippen LogP contribution in [0.15, 0.2) is 18.3 Å². The van der Waals surface area contributed by atoms with Gasteiger partial charge in [-0.3, -0.25) is 14.8 Å². The molecule has 1 amide bonds. The second-order valence-electron chi connectivity index (χ2n) is 7.98. The molecule has 0 bridgehead atoms. The molecule has 0 N–H and O–H groups in total. The number of likely N-dealkylation sites (tertiary alicyclic amines) is 1. The van der Waals surface area contributed by atoms with Gasteiger partial charge in [-0.25, -0.2) is 9.59 Å². The van der Waals surface area contributed by atoms with Crippen molar-refractivity contribution in [3.05, 3.63) is 34.0 Å². The third-order valence-electron chi connectivity index (χ3n) is 4.73. The molecule has 0 atom stereocenters. The Morgan fingerprint density at radius 3 is 2.45 bits per heavy atom. The van der Waals surface area contributed by atoms with E-state index in [0.29, 0.717) is 36.8 Å². The molecule has 10 nitrogen and oxygen atoms in total. The van der Waals surface area contributed by atoms with Crippen LogP contribution in [0.4, 0.5) is 10.5 Å². The summed E-state index contributed by atoms with van der Waals surface area (Å²) in [5, 5.41) is 16.4. The number of ether oxygens (including phenoxy) is 2. The van der Waals surface area contributed by atoms with Crippen LogP contribution >= 0.6 is 0 Å². The van der Waals surface area contributed by atoms with Crippen LogP contribution in [0.25, 0.3) is 10.9 Å². The number of aromatic nitrogens is 2. The van der Waals surface area contributed by atoms with Crippen molar-refractivity contribution in [1.82, 2.24) is 14.7 Å². The van der Waals surface area contributed by atoms with Gasteiger partial charge < -0.3 is 14.4 Å². The van der Waals surface area contributed by atoms with Crippen molar-refractivity contribution in [2.45, 2.75) is 45.3 Å². The molecule has 2 heterocycles. The first-order valence-electron chi connectivity index (χ1n) is 9.32. The maximum atomic E-state index is 12.2. The predicted octanol–water partition coefficient (Wildman–Crippen LogP) is 3.30. The highest BCUT2D eigenvalue weighted by Gasteiger charge is 2.29. The number of hydrogen-bond acceptors (Lipinski definition) is 7. The molecule has 0 unspecified atom stereocenters. The first-order valence-corrected chi connectivity index (χ1v) is 9.32. The molecular formula is C19H24N4O6. The Morgan fingerprint density at radius 1 is 1.24 bits per heavy atom. The fourth-order valence-corrected chi connectivity index (χ4v) is 3.33. The van der Waals surface area contributed by atoms with Gasteiger partial charge in [0.25, 0.3) is 5.69 Å². The highest BCUT2D eigenvalue weighted by atomic mass is 16.6. The molecule has 1 fully saturated rings. The van der Waals surface area contributed by atoms with Gasteiger partial charge in [-0.1, -0.05) is 0 Å². The van der Waals surface area contributed by atoms with Gasteiger partial charge in [0.15, 0.2) is 0 Å². The molecule has 156 valence electrons. The number of rotatable bonds is 3. The molecule has 10 heteroatoms. The summed E-state index contributed by atoms with van der Waals surface area (Å²) >= 11 is 0. The Hall–Kier alpha value is -3.17. The zero-order valence-corrected chi connectivity index (χ0v) is 16.9. The number of nitro benzene ring substituents is 1. The van der Waals surface area contributed by atoms with Gasteiger partial charge in [0, 0.05) is 30.7 Å². The van der Waals surface area contributed by atoms with Gasteiger partial charge in [0.1, 0.15) is 11.2 Å². The third-order valence-corrected chi connectivity index (χ3v) is 4.73. The van der Waals surface area contributed by atoms with Gasteiger partial charge in [0.05, 0.1) is 23.6 Å². The van der Waals surface area contributed by atoms with Crippen LogP contribution in [-0.4, -0.2) is 57.5 Å². The summed E-state index contributed by atoms with van der Waals surface area (Å²) in [6.07, 6.45) is 2.76. The van der Waals surface area contributed by atoms with E-state index in [0.717, 1.165) is 0 Å². The van der Waals surface area contributed by atoms with E-state index in [9.17, 15) is 19.7 Å². The number of hydrogen-bond donors (Lipinski definition) is 0. The zero-order chi connectivity index (χ0) is 21.3. The Labute approximate surface area is 167 Å². The number of nitrogens with zero attached hydrogens (tertiary/aromatic N) is 4. The number of amides is 1. The second-order valence-corrected chi connectivity index (χ2v) is 7.98. The minimum absolute atomic E-state index is 0.0433. The van der Waals surface area contributed by atoms with Gasteiger partial charge >= 0.3 is 12.1 Å². The lowest BCUT2D eigenvalue weighted by molar-refractivity contribution is -0.385. The lowest BCUT2D eigenvalue weighted by atomic mass is 10.1. The smallest absolute Gasteiger partial charge is 0.410 e. The third kappa shape index (κ3) is 4.47. The van der Waals surface area contributed by atoms with Crippen molar-refractivity contribution in [3.8, 4) is 0 Å². The zero-order valence-electron chi connectivity index (χ0n) is 16.9. The highest BCUT2D eigenvalue weighted by molar-refractivity contribution is 5.99. The molecule has 0 spiro atoms. The van der Waals surface area contributed by atoms with Crippen LogP contribution in [0.1, 0.15) is 50.0 Å². The van der Waals surface area contributed by atoms with Crippen molar-refractivity contribution in [2.24, 2.45) is 0 Å². The summed E-state index contributed by atoms with van der Waals surface area (Å²) in [5.74, 6) is -0.779. The Bertz CT molecular complexity index is 953. The van der Waals surface area contributed by atoms with E-state index in [1.807, 2.05) is 20.8 Å². The molecule has 3 rings (SSSR count). The number of carbonyl (C=O) groups is 2. The molecule has 1 aliphatic rings. The summed E-state index contributed by atoms with van der Waals surface area (Å²) in [5.41, 5.74) is -0.510. The second kappa shape index (κ2) is 7.69. The average molecular weight is 404 g/mol. The first kappa shape index (κ1) is 20.6. The Kier molecular flexibility index (Phi) is 5.45. The number of fused-ring (bicyclic) bond motifs is 1. The summed E-state index contributed by atoms with van der Waals surface area (Å²) in [7, 11) is 1.17. The summed E-state index contributed by atoms with van der Waals surface area (Å²) < 4.78 is 11.8. The van der Waals surface area contributed by atoms with Crippen LogP contribution in [0.3, 0.4) is 0 Å². The molecule has 0 aliphatic carbocycles. The molecule has 0 saturated carbocycles. The van der Waals surface area contributed by atoms with E-state index in [-0.39, 0.29) is 23.4 Å². The van der Waals surface area contributed by atoms with Crippen LogP contribution in [-0.2, 0) is 9.47 Å². The molecular weight excluding hydrogens is 380 g/mol. The average Bonchev–Trinajstić information content (AvgIpc) is 3.08. The van der Waals surface area contributed by atoms with Crippen molar-refractivity contribution >= 4 is 28.7 Å². The number of methoxy groups -OCH3 is 1. The van der Waals surface area contributed by atoms with Gasteiger partial charge in [0.2, 0.25) is 0 Å². The lowest BCUT2D eigenvalue weighted by Crippen LogP contribution is -2.42. The fraction of sp³-hybridized carbons (Fsp3) is 0.526. The maximum absolute atomic E-state index is 12.2. The van der Waals surface area contributed by atoms with Gasteiger partial charge in [-0.2, -0.15) is 5.10 Å². The minimum Gasteiger partial charge on any atom is -0.465 e. The topological polar surface area (TPSA) is 117 Å². The van der Waals surface area contributed by atoms with Crippen molar-refractivity contribution in [1.29, 1.82) is 0 Å². The molecule has 1 aromatic carbocycles. The molecule has 1 aliphatic heterocycles. The van der Waals surface area contributed by atoms with E-state index >= 15 is 0 Å². The maximum Gasteiger partial charge on any atom is 0.410 e. The molecule has 0 radical (unpaired) electrons. The van der Waals surface area contributed by atoms with Gasteiger partial charge in [-0.15, -0.1) is 0 Å². The predicted molar refractivity (Wildman–Crippen MR) is 104 cm³/mol. The van der Waals surface area contributed by atoms with Crippen LogP contribution < -0.4 is 0 Å².